The Kier molecular flexibility index (Phi) is 1.85. The summed E-state index contributed by atoms with van der Waals surface area (Å²) >= 11 is 0. The van der Waals surface area contributed by atoms with Gasteiger partial charge in [-0.05, 0) is 29.4 Å². The molecule has 14 heavy (non-hydrogen) atoms. The second-order valence-corrected chi connectivity index (χ2v) is 4.88. The number of carbonyl (C=O) groups excluding carboxylic acids is 1. The Hall–Kier alpha value is -1.05. The third kappa shape index (κ3) is 1.13. The molecule has 1 saturated carbocycles. The van der Waals surface area contributed by atoms with Crippen LogP contribution in [0.2, 0.25) is 0 Å². The zero-order chi connectivity index (χ0) is 10.5. The van der Waals surface area contributed by atoms with Gasteiger partial charge in [-0.3, -0.25) is 4.79 Å². The molecular weight excluding hydrogens is 176 g/mol. The smallest absolute Gasteiger partial charge is 0.307 e. The fraction of sp³-hybridized carbons (Fsp3) is 0.583. The highest BCUT2D eigenvalue weighted by atomic mass is 16.5. The summed E-state index contributed by atoms with van der Waals surface area (Å²) in [6, 6.07) is 0. The van der Waals surface area contributed by atoms with Gasteiger partial charge in [0.15, 0.2) is 0 Å². The summed E-state index contributed by atoms with van der Waals surface area (Å²) in [5.74, 6) is 1.56. The van der Waals surface area contributed by atoms with Crippen LogP contribution in [-0.4, -0.2) is 5.97 Å². The molecule has 0 heterocycles. The Balaban J connectivity index is 2.27. The molecule has 0 aromatic heterocycles. The van der Waals surface area contributed by atoms with Crippen LogP contribution in [0.1, 0.15) is 27.2 Å². The third-order valence-electron chi connectivity index (χ3n) is 3.65. The third-order valence-corrected chi connectivity index (χ3v) is 3.65. The summed E-state index contributed by atoms with van der Waals surface area (Å²) in [6.07, 6.45) is 3.02. The minimum absolute atomic E-state index is 0.219. The van der Waals surface area contributed by atoms with Crippen LogP contribution in [0.25, 0.3) is 0 Å². The lowest BCUT2D eigenvalue weighted by Crippen LogP contribution is -2.49. The first kappa shape index (κ1) is 9.50. The van der Waals surface area contributed by atoms with Gasteiger partial charge in [0.1, 0.15) is 5.76 Å². The predicted octanol–water partition coefficient (Wildman–Crippen LogP) is 2.67. The average molecular weight is 192 g/mol. The van der Waals surface area contributed by atoms with Crippen molar-refractivity contribution in [1.29, 1.82) is 0 Å². The van der Waals surface area contributed by atoms with E-state index in [1.165, 1.54) is 6.92 Å². The Morgan fingerprint density at radius 2 is 2.21 bits per heavy atom. The number of ether oxygens (including phenoxy) is 1. The van der Waals surface area contributed by atoms with Crippen molar-refractivity contribution in [3.63, 3.8) is 0 Å². The molecule has 2 heteroatoms. The van der Waals surface area contributed by atoms with E-state index in [1.807, 2.05) is 6.08 Å². The molecule has 0 spiro atoms. The van der Waals surface area contributed by atoms with E-state index >= 15 is 0 Å². The summed E-state index contributed by atoms with van der Waals surface area (Å²) in [5.41, 5.74) is 1.32. The highest BCUT2D eigenvalue weighted by molar-refractivity contribution is 5.67. The van der Waals surface area contributed by atoms with Gasteiger partial charge in [0.25, 0.3) is 0 Å². The molecule has 0 N–H and O–H groups in total. The van der Waals surface area contributed by atoms with E-state index < -0.39 is 0 Å². The van der Waals surface area contributed by atoms with Gasteiger partial charge < -0.3 is 4.74 Å². The standard InChI is InChI=1S/C12H16O2/c1-7-5-11(14-8(2)13)10-6-9(7)12(10,3)4/h5,9-10H,1,6H2,2-4H3. The van der Waals surface area contributed by atoms with Gasteiger partial charge in [-0.1, -0.05) is 20.4 Å². The van der Waals surface area contributed by atoms with E-state index in [-0.39, 0.29) is 11.4 Å². The fourth-order valence-corrected chi connectivity index (χ4v) is 2.69. The largest absolute Gasteiger partial charge is 0.431 e. The average Bonchev–Trinajstić information content (AvgIpc) is 2.00. The first-order chi connectivity index (χ1) is 6.43. The van der Waals surface area contributed by atoms with Crippen LogP contribution in [0.4, 0.5) is 0 Å². The number of hydrogen-bond acceptors (Lipinski definition) is 2. The number of esters is 1. The van der Waals surface area contributed by atoms with Crippen LogP contribution in [0.5, 0.6) is 0 Å². The molecule has 1 fully saturated rings. The number of allylic oxidation sites excluding steroid dienone is 3. The Labute approximate surface area is 84.6 Å². The number of hydrogen-bond donors (Lipinski definition) is 0. The van der Waals surface area contributed by atoms with Crippen LogP contribution >= 0.6 is 0 Å². The van der Waals surface area contributed by atoms with Gasteiger partial charge in [-0.15, -0.1) is 0 Å². The molecule has 0 aromatic carbocycles. The molecule has 76 valence electrons. The molecule has 3 aliphatic rings. The van der Waals surface area contributed by atoms with Gasteiger partial charge in [0.05, 0.1) is 0 Å². The fourth-order valence-electron chi connectivity index (χ4n) is 2.69. The summed E-state index contributed by atoms with van der Waals surface area (Å²) in [5, 5.41) is 0. The van der Waals surface area contributed by atoms with Crippen molar-refractivity contribution in [2.45, 2.75) is 27.2 Å². The summed E-state index contributed by atoms with van der Waals surface area (Å²) in [4.78, 5) is 10.9. The number of carbonyl (C=O) groups is 1. The lowest BCUT2D eigenvalue weighted by atomic mass is 9.49. The SMILES string of the molecule is C=C1C=C(OC(C)=O)C2CC1C2(C)C. The minimum atomic E-state index is -0.231. The minimum Gasteiger partial charge on any atom is -0.431 e. The molecular formula is C12H16O2. The van der Waals surface area contributed by atoms with Crippen molar-refractivity contribution >= 4 is 5.97 Å². The van der Waals surface area contributed by atoms with E-state index in [0.29, 0.717) is 11.8 Å². The lowest BCUT2D eigenvalue weighted by Gasteiger charge is -2.56. The molecule has 2 bridgehead atoms. The molecule has 0 aliphatic heterocycles. The topological polar surface area (TPSA) is 26.3 Å². The van der Waals surface area contributed by atoms with Gasteiger partial charge in [0, 0.05) is 12.8 Å². The molecule has 2 unspecified atom stereocenters. The number of rotatable bonds is 1. The van der Waals surface area contributed by atoms with Gasteiger partial charge >= 0.3 is 5.97 Å². The highest BCUT2D eigenvalue weighted by Gasteiger charge is 2.54. The maximum absolute atomic E-state index is 10.9. The van der Waals surface area contributed by atoms with Crippen LogP contribution in [0.3, 0.4) is 0 Å². The first-order valence-electron chi connectivity index (χ1n) is 5.01. The lowest BCUT2D eigenvalue weighted by molar-refractivity contribution is -0.141. The van der Waals surface area contributed by atoms with E-state index in [0.717, 1.165) is 17.8 Å². The Morgan fingerprint density at radius 1 is 1.57 bits per heavy atom. The molecule has 0 aromatic rings. The van der Waals surface area contributed by atoms with E-state index in [4.69, 9.17) is 4.74 Å². The van der Waals surface area contributed by atoms with Crippen molar-refractivity contribution in [3.8, 4) is 0 Å². The van der Waals surface area contributed by atoms with Crippen molar-refractivity contribution in [3.05, 3.63) is 24.0 Å². The monoisotopic (exact) mass is 192 g/mol. The molecule has 3 rings (SSSR count). The maximum atomic E-state index is 10.9. The van der Waals surface area contributed by atoms with Gasteiger partial charge in [0.2, 0.25) is 0 Å². The summed E-state index contributed by atoms with van der Waals surface area (Å²) < 4.78 is 5.21. The zero-order valence-corrected chi connectivity index (χ0v) is 8.96. The van der Waals surface area contributed by atoms with Crippen LogP contribution in [0.15, 0.2) is 24.0 Å². The van der Waals surface area contributed by atoms with E-state index in [9.17, 15) is 4.79 Å². The molecule has 0 saturated heterocycles. The van der Waals surface area contributed by atoms with E-state index in [1.54, 1.807) is 0 Å². The molecule has 3 aliphatic carbocycles. The number of fused-ring (bicyclic) bond motifs is 1. The van der Waals surface area contributed by atoms with E-state index in [2.05, 4.69) is 20.4 Å². The van der Waals surface area contributed by atoms with Crippen molar-refractivity contribution in [1.82, 2.24) is 0 Å². The molecule has 0 radical (unpaired) electrons. The quantitative estimate of drug-likeness (QED) is 0.597. The molecule has 2 nitrogen and oxygen atoms in total. The maximum Gasteiger partial charge on any atom is 0.307 e. The first-order valence-corrected chi connectivity index (χ1v) is 5.01. The van der Waals surface area contributed by atoms with Crippen LogP contribution < -0.4 is 0 Å². The molecule has 2 atom stereocenters. The van der Waals surface area contributed by atoms with Crippen LogP contribution in [-0.2, 0) is 9.53 Å². The van der Waals surface area contributed by atoms with Crippen molar-refractivity contribution in [2.75, 3.05) is 0 Å². The second kappa shape index (κ2) is 2.72. The van der Waals surface area contributed by atoms with Gasteiger partial charge in [-0.2, -0.15) is 0 Å². The Morgan fingerprint density at radius 3 is 2.64 bits per heavy atom. The Bertz CT molecular complexity index is 336. The normalized spacial score (nSPS) is 33.1. The second-order valence-electron chi connectivity index (χ2n) is 4.88. The highest BCUT2D eigenvalue weighted by Crippen LogP contribution is 2.60. The van der Waals surface area contributed by atoms with Crippen LogP contribution in [0, 0.1) is 17.3 Å². The molecule has 0 amide bonds. The van der Waals surface area contributed by atoms with Crippen molar-refractivity contribution < 1.29 is 9.53 Å². The van der Waals surface area contributed by atoms with Crippen molar-refractivity contribution in [2.24, 2.45) is 17.3 Å². The predicted molar refractivity (Wildman–Crippen MR) is 54.4 cm³/mol. The summed E-state index contributed by atoms with van der Waals surface area (Å²) in [7, 11) is 0. The summed E-state index contributed by atoms with van der Waals surface area (Å²) in [6.45, 7) is 9.90. The zero-order valence-electron chi connectivity index (χ0n) is 8.96. The van der Waals surface area contributed by atoms with Gasteiger partial charge in [-0.25, -0.2) is 0 Å².